The van der Waals surface area contributed by atoms with E-state index in [1.807, 2.05) is 24.3 Å². The molecule has 0 heterocycles. The Hall–Kier alpha value is -1.97. The lowest BCUT2D eigenvalue weighted by atomic mass is 10.2. The van der Waals surface area contributed by atoms with Crippen molar-refractivity contribution in [3.63, 3.8) is 0 Å². The molecular weight excluding hydrogens is 238 g/mol. The van der Waals surface area contributed by atoms with Gasteiger partial charge in [0.15, 0.2) is 5.96 Å². The van der Waals surface area contributed by atoms with Crippen LogP contribution < -0.4 is 15.8 Å². The number of hydrogen-bond donors (Lipinski definition) is 2. The van der Waals surface area contributed by atoms with E-state index < -0.39 is 0 Å². The molecular formula is C15H23N3O. The standard InChI is InChI=1S/C15H23N3O/c1-4-9-19-14-8-6-5-7-13(14)11-18-15(16)17-10-12(2)3/h4-8,12H,1,9-11H2,2-3H3,(H3,16,17,18). The Morgan fingerprint density at radius 3 is 2.89 bits per heavy atom. The van der Waals surface area contributed by atoms with Gasteiger partial charge in [-0.2, -0.15) is 0 Å². The number of hydrogen-bond acceptors (Lipinski definition) is 2. The molecule has 1 aromatic carbocycles. The number of nitrogens with two attached hydrogens (primary N) is 1. The lowest BCUT2D eigenvalue weighted by molar-refractivity contribution is 0.359. The van der Waals surface area contributed by atoms with Gasteiger partial charge < -0.3 is 15.8 Å². The average Bonchev–Trinajstić information content (AvgIpc) is 2.41. The summed E-state index contributed by atoms with van der Waals surface area (Å²) in [5.74, 6) is 1.83. The highest BCUT2D eigenvalue weighted by molar-refractivity contribution is 5.77. The summed E-state index contributed by atoms with van der Waals surface area (Å²) in [5, 5.41) is 3.09. The van der Waals surface area contributed by atoms with E-state index >= 15 is 0 Å². The van der Waals surface area contributed by atoms with E-state index in [1.165, 1.54) is 0 Å². The van der Waals surface area contributed by atoms with E-state index in [0.717, 1.165) is 17.9 Å². The second kappa shape index (κ2) is 8.19. The second-order valence-electron chi connectivity index (χ2n) is 4.68. The Balaban J connectivity index is 2.60. The van der Waals surface area contributed by atoms with Crippen LogP contribution in [-0.4, -0.2) is 19.1 Å². The summed E-state index contributed by atoms with van der Waals surface area (Å²) in [6, 6.07) is 7.80. The lowest BCUT2D eigenvalue weighted by Gasteiger charge is -2.10. The van der Waals surface area contributed by atoms with Crippen molar-refractivity contribution in [3.05, 3.63) is 42.5 Å². The van der Waals surface area contributed by atoms with Crippen molar-refractivity contribution >= 4 is 5.96 Å². The highest BCUT2D eigenvalue weighted by Gasteiger charge is 2.02. The van der Waals surface area contributed by atoms with E-state index in [1.54, 1.807) is 6.08 Å². The minimum Gasteiger partial charge on any atom is -0.489 e. The fourth-order valence-corrected chi connectivity index (χ4v) is 1.46. The number of nitrogens with one attached hydrogen (secondary N) is 1. The lowest BCUT2D eigenvalue weighted by Crippen LogP contribution is -2.34. The number of nitrogens with zero attached hydrogens (tertiary/aromatic N) is 1. The topological polar surface area (TPSA) is 59.6 Å². The molecule has 0 amide bonds. The number of rotatable bonds is 7. The van der Waals surface area contributed by atoms with Crippen molar-refractivity contribution < 1.29 is 4.74 Å². The van der Waals surface area contributed by atoms with Gasteiger partial charge in [0.25, 0.3) is 0 Å². The molecule has 1 aromatic rings. The summed E-state index contributed by atoms with van der Waals surface area (Å²) in [6.45, 7) is 9.70. The summed E-state index contributed by atoms with van der Waals surface area (Å²) in [5.41, 5.74) is 6.81. The summed E-state index contributed by atoms with van der Waals surface area (Å²) in [7, 11) is 0. The molecule has 0 aliphatic rings. The van der Waals surface area contributed by atoms with Gasteiger partial charge in [-0.05, 0) is 12.0 Å². The molecule has 4 heteroatoms. The molecule has 0 saturated carbocycles. The molecule has 0 atom stereocenters. The number of guanidine groups is 1. The van der Waals surface area contributed by atoms with Crippen LogP contribution in [0.4, 0.5) is 0 Å². The fraction of sp³-hybridized carbons (Fsp3) is 0.400. The summed E-state index contributed by atoms with van der Waals surface area (Å²) < 4.78 is 5.57. The number of aliphatic imine (C=N–C) groups is 1. The predicted octanol–water partition coefficient (Wildman–Crippen LogP) is 2.31. The third kappa shape index (κ3) is 5.95. The predicted molar refractivity (Wildman–Crippen MR) is 80.3 cm³/mol. The van der Waals surface area contributed by atoms with E-state index in [9.17, 15) is 0 Å². The largest absolute Gasteiger partial charge is 0.489 e. The molecule has 0 aliphatic heterocycles. The minimum atomic E-state index is 0.465. The molecule has 0 saturated heterocycles. The molecule has 19 heavy (non-hydrogen) atoms. The fourth-order valence-electron chi connectivity index (χ4n) is 1.46. The Kier molecular flexibility index (Phi) is 6.50. The van der Waals surface area contributed by atoms with Crippen molar-refractivity contribution in [2.75, 3.05) is 13.2 Å². The van der Waals surface area contributed by atoms with Gasteiger partial charge in [-0.1, -0.05) is 44.7 Å². The third-order valence-corrected chi connectivity index (χ3v) is 2.44. The van der Waals surface area contributed by atoms with Crippen LogP contribution in [0, 0.1) is 5.92 Å². The third-order valence-electron chi connectivity index (χ3n) is 2.44. The normalized spacial score (nSPS) is 11.4. The highest BCUT2D eigenvalue weighted by atomic mass is 16.5. The van der Waals surface area contributed by atoms with Crippen molar-refractivity contribution in [2.45, 2.75) is 20.4 Å². The van der Waals surface area contributed by atoms with Crippen molar-refractivity contribution in [3.8, 4) is 5.75 Å². The van der Waals surface area contributed by atoms with Crippen LogP contribution in [0.3, 0.4) is 0 Å². The molecule has 0 radical (unpaired) electrons. The SMILES string of the molecule is C=CCOc1ccccc1CN=C(N)NCC(C)C. The van der Waals surface area contributed by atoms with Crippen molar-refractivity contribution in [2.24, 2.45) is 16.6 Å². The van der Waals surface area contributed by atoms with E-state index in [2.05, 4.69) is 30.7 Å². The van der Waals surface area contributed by atoms with Gasteiger partial charge in [-0.3, -0.25) is 0 Å². The molecule has 0 spiro atoms. The smallest absolute Gasteiger partial charge is 0.188 e. The quantitative estimate of drug-likeness (QED) is 0.450. The van der Waals surface area contributed by atoms with Crippen LogP contribution in [-0.2, 0) is 6.54 Å². The molecule has 1 rings (SSSR count). The Labute approximate surface area is 115 Å². The van der Waals surface area contributed by atoms with Gasteiger partial charge in [-0.15, -0.1) is 0 Å². The van der Waals surface area contributed by atoms with Crippen LogP contribution in [0.1, 0.15) is 19.4 Å². The Morgan fingerprint density at radius 2 is 2.21 bits per heavy atom. The van der Waals surface area contributed by atoms with Crippen LogP contribution in [0.5, 0.6) is 5.75 Å². The maximum Gasteiger partial charge on any atom is 0.188 e. The van der Waals surface area contributed by atoms with Crippen LogP contribution >= 0.6 is 0 Å². The number of para-hydroxylation sites is 1. The first kappa shape index (κ1) is 15.1. The maximum atomic E-state index is 5.80. The van der Waals surface area contributed by atoms with Gasteiger partial charge >= 0.3 is 0 Å². The molecule has 104 valence electrons. The monoisotopic (exact) mass is 261 g/mol. The van der Waals surface area contributed by atoms with E-state index in [0.29, 0.717) is 25.0 Å². The zero-order chi connectivity index (χ0) is 14.1. The van der Waals surface area contributed by atoms with E-state index in [-0.39, 0.29) is 0 Å². The molecule has 0 aromatic heterocycles. The van der Waals surface area contributed by atoms with Crippen LogP contribution in [0.15, 0.2) is 41.9 Å². The van der Waals surface area contributed by atoms with Gasteiger partial charge in [-0.25, -0.2) is 4.99 Å². The van der Waals surface area contributed by atoms with Gasteiger partial charge in [0, 0.05) is 12.1 Å². The van der Waals surface area contributed by atoms with Gasteiger partial charge in [0.2, 0.25) is 0 Å². The van der Waals surface area contributed by atoms with Crippen LogP contribution in [0.2, 0.25) is 0 Å². The maximum absolute atomic E-state index is 5.80. The first-order valence-electron chi connectivity index (χ1n) is 6.49. The van der Waals surface area contributed by atoms with Gasteiger partial charge in [0.1, 0.15) is 12.4 Å². The zero-order valence-corrected chi connectivity index (χ0v) is 11.7. The van der Waals surface area contributed by atoms with Crippen LogP contribution in [0.25, 0.3) is 0 Å². The first-order chi connectivity index (χ1) is 9.13. The van der Waals surface area contributed by atoms with Crippen molar-refractivity contribution in [1.29, 1.82) is 0 Å². The second-order valence-corrected chi connectivity index (χ2v) is 4.68. The summed E-state index contributed by atoms with van der Waals surface area (Å²) in [6.07, 6.45) is 1.72. The zero-order valence-electron chi connectivity index (χ0n) is 11.7. The first-order valence-corrected chi connectivity index (χ1v) is 6.49. The summed E-state index contributed by atoms with van der Waals surface area (Å²) >= 11 is 0. The molecule has 0 fully saturated rings. The molecule has 4 nitrogen and oxygen atoms in total. The molecule has 0 bridgehead atoms. The Bertz CT molecular complexity index is 427. The number of ether oxygens (including phenoxy) is 1. The molecule has 3 N–H and O–H groups in total. The van der Waals surface area contributed by atoms with Gasteiger partial charge in [0.05, 0.1) is 6.54 Å². The highest BCUT2D eigenvalue weighted by Crippen LogP contribution is 2.18. The van der Waals surface area contributed by atoms with Crippen molar-refractivity contribution in [1.82, 2.24) is 5.32 Å². The number of benzene rings is 1. The molecule has 0 aliphatic carbocycles. The Morgan fingerprint density at radius 1 is 1.47 bits per heavy atom. The minimum absolute atomic E-state index is 0.465. The average molecular weight is 261 g/mol. The van der Waals surface area contributed by atoms with E-state index in [4.69, 9.17) is 10.5 Å². The summed E-state index contributed by atoms with van der Waals surface area (Å²) in [4.78, 5) is 4.31. The molecule has 0 unspecified atom stereocenters.